The zero-order valence-corrected chi connectivity index (χ0v) is 30.2. The molecule has 8 aromatic carbocycles. The van der Waals surface area contributed by atoms with Crippen LogP contribution >= 0.6 is 0 Å². The number of hydrogen-bond acceptors (Lipinski definition) is 3. The molecule has 1 unspecified atom stereocenters. The third-order valence-corrected chi connectivity index (χ3v) is 11.6. The second-order valence-corrected chi connectivity index (χ2v) is 14.6. The van der Waals surface area contributed by atoms with Crippen molar-refractivity contribution in [3.63, 3.8) is 0 Å². The standard InChI is InChI=1S/C52H34N2O/c1-52(35-17-6-3-7-18-35)45-25-12-10-21-39(45)40-28-27-34(31-46(40)52)36-29-30-41(38-20-9-8-19-37(36)38)47-32-48(54-51(53-47)33-15-4-2-5-16-33)44-24-14-23-43-42-22-11-13-26-49(42)55-50(43)44/h2-32H,1H3. The summed E-state index contributed by atoms with van der Waals surface area (Å²) < 4.78 is 6.50. The van der Waals surface area contributed by atoms with E-state index in [9.17, 15) is 0 Å². The molecule has 0 bridgehead atoms. The van der Waals surface area contributed by atoms with Crippen molar-refractivity contribution in [2.24, 2.45) is 0 Å². The van der Waals surface area contributed by atoms with Crippen LogP contribution in [0.1, 0.15) is 23.6 Å². The SMILES string of the molecule is CC1(c2ccccc2)c2ccccc2-c2ccc(-c3ccc(-c4cc(-c5cccc6c5oc5ccccc56)nc(-c5ccccc5)n4)c4ccccc34)cc21. The Balaban J connectivity index is 1.10. The van der Waals surface area contributed by atoms with Gasteiger partial charge in [0.25, 0.3) is 0 Å². The van der Waals surface area contributed by atoms with Gasteiger partial charge in [-0.25, -0.2) is 9.97 Å². The molecule has 0 saturated heterocycles. The van der Waals surface area contributed by atoms with Crippen LogP contribution in [0.2, 0.25) is 0 Å². The Hall–Kier alpha value is -7.10. The largest absolute Gasteiger partial charge is 0.455 e. The lowest BCUT2D eigenvalue weighted by molar-refractivity contribution is 0.670. The first-order chi connectivity index (χ1) is 27.1. The van der Waals surface area contributed by atoms with Crippen LogP contribution in [0.3, 0.4) is 0 Å². The quantitative estimate of drug-likeness (QED) is 0.179. The third kappa shape index (κ3) is 4.83. The Morgan fingerprint density at radius 3 is 1.80 bits per heavy atom. The molecule has 0 fully saturated rings. The summed E-state index contributed by atoms with van der Waals surface area (Å²) in [6.07, 6.45) is 0. The second-order valence-electron chi connectivity index (χ2n) is 14.6. The lowest BCUT2D eigenvalue weighted by atomic mass is 9.74. The minimum absolute atomic E-state index is 0.271. The van der Waals surface area contributed by atoms with E-state index in [1.54, 1.807) is 0 Å². The van der Waals surface area contributed by atoms with Gasteiger partial charge < -0.3 is 4.42 Å². The molecule has 0 amide bonds. The highest BCUT2D eigenvalue weighted by molar-refractivity contribution is 6.10. The average molecular weight is 703 g/mol. The zero-order valence-electron chi connectivity index (χ0n) is 30.2. The van der Waals surface area contributed by atoms with E-state index in [4.69, 9.17) is 14.4 Å². The lowest BCUT2D eigenvalue weighted by Gasteiger charge is -2.28. The van der Waals surface area contributed by atoms with E-state index < -0.39 is 0 Å². The average Bonchev–Trinajstić information content (AvgIpc) is 3.77. The Labute approximate surface area is 319 Å². The first-order valence-electron chi connectivity index (χ1n) is 18.8. The molecule has 258 valence electrons. The number of benzene rings is 8. The van der Waals surface area contributed by atoms with Gasteiger partial charge in [0, 0.05) is 32.9 Å². The molecular formula is C52H34N2O. The molecule has 3 nitrogen and oxygen atoms in total. The molecule has 1 atom stereocenters. The van der Waals surface area contributed by atoms with Crippen molar-refractivity contribution in [1.29, 1.82) is 0 Å². The normalized spacial score (nSPS) is 14.7. The number of aromatic nitrogens is 2. The minimum atomic E-state index is -0.271. The summed E-state index contributed by atoms with van der Waals surface area (Å²) in [6, 6.07) is 66.9. The molecule has 0 saturated carbocycles. The molecule has 55 heavy (non-hydrogen) atoms. The summed E-state index contributed by atoms with van der Waals surface area (Å²) in [7, 11) is 0. The molecular weight excluding hydrogens is 669 g/mol. The van der Waals surface area contributed by atoms with Gasteiger partial charge in [-0.3, -0.25) is 0 Å². The van der Waals surface area contributed by atoms with Crippen molar-refractivity contribution in [3.8, 4) is 56.2 Å². The summed E-state index contributed by atoms with van der Waals surface area (Å²) in [5.74, 6) is 0.674. The van der Waals surface area contributed by atoms with Gasteiger partial charge in [-0.05, 0) is 80.9 Å². The summed E-state index contributed by atoms with van der Waals surface area (Å²) in [5, 5.41) is 4.49. The predicted molar refractivity (Wildman–Crippen MR) is 226 cm³/mol. The summed E-state index contributed by atoms with van der Waals surface area (Å²) in [4.78, 5) is 10.4. The number of rotatable bonds is 5. The van der Waals surface area contributed by atoms with Gasteiger partial charge in [0.2, 0.25) is 0 Å². The van der Waals surface area contributed by atoms with Gasteiger partial charge in [0.05, 0.1) is 11.4 Å². The summed E-state index contributed by atoms with van der Waals surface area (Å²) in [5.41, 5.74) is 15.0. The van der Waals surface area contributed by atoms with Gasteiger partial charge in [-0.1, -0.05) is 164 Å². The first-order valence-corrected chi connectivity index (χ1v) is 18.8. The molecule has 0 radical (unpaired) electrons. The van der Waals surface area contributed by atoms with Crippen molar-refractivity contribution >= 4 is 32.7 Å². The maximum Gasteiger partial charge on any atom is 0.160 e. The van der Waals surface area contributed by atoms with Gasteiger partial charge in [0.15, 0.2) is 5.82 Å². The van der Waals surface area contributed by atoms with E-state index in [0.717, 1.165) is 55.4 Å². The minimum Gasteiger partial charge on any atom is -0.455 e. The monoisotopic (exact) mass is 702 g/mol. The van der Waals surface area contributed by atoms with Crippen LogP contribution < -0.4 is 0 Å². The van der Waals surface area contributed by atoms with Crippen LogP contribution in [0.15, 0.2) is 192 Å². The van der Waals surface area contributed by atoms with Crippen molar-refractivity contribution in [2.45, 2.75) is 12.3 Å². The molecule has 0 spiro atoms. The first kappa shape index (κ1) is 31.4. The predicted octanol–water partition coefficient (Wildman–Crippen LogP) is 13.5. The van der Waals surface area contributed by atoms with Gasteiger partial charge in [0.1, 0.15) is 11.2 Å². The molecule has 11 rings (SSSR count). The number of para-hydroxylation sites is 2. The van der Waals surface area contributed by atoms with Crippen molar-refractivity contribution < 1.29 is 4.42 Å². The Morgan fingerprint density at radius 1 is 0.400 bits per heavy atom. The molecule has 2 heterocycles. The van der Waals surface area contributed by atoms with Crippen LogP contribution in [-0.4, -0.2) is 9.97 Å². The highest BCUT2D eigenvalue weighted by atomic mass is 16.3. The highest BCUT2D eigenvalue weighted by Gasteiger charge is 2.40. The van der Waals surface area contributed by atoms with Crippen LogP contribution in [0, 0.1) is 0 Å². The van der Waals surface area contributed by atoms with E-state index >= 15 is 0 Å². The molecule has 10 aromatic rings. The van der Waals surface area contributed by atoms with E-state index in [1.165, 1.54) is 44.3 Å². The zero-order chi connectivity index (χ0) is 36.5. The Morgan fingerprint density at radius 2 is 0.982 bits per heavy atom. The van der Waals surface area contributed by atoms with E-state index in [1.807, 2.05) is 30.3 Å². The fourth-order valence-electron chi connectivity index (χ4n) is 8.90. The van der Waals surface area contributed by atoms with E-state index in [2.05, 4.69) is 165 Å². The molecule has 0 N–H and O–H groups in total. The number of nitrogens with zero attached hydrogens (tertiary/aromatic N) is 2. The highest BCUT2D eigenvalue weighted by Crippen LogP contribution is 2.53. The maximum absolute atomic E-state index is 6.50. The maximum atomic E-state index is 6.50. The number of hydrogen-bond donors (Lipinski definition) is 0. The van der Waals surface area contributed by atoms with E-state index in [0.29, 0.717) is 5.82 Å². The van der Waals surface area contributed by atoms with Gasteiger partial charge >= 0.3 is 0 Å². The Bertz CT molecular complexity index is 3110. The van der Waals surface area contributed by atoms with Gasteiger partial charge in [-0.2, -0.15) is 0 Å². The van der Waals surface area contributed by atoms with Crippen LogP contribution in [0.25, 0.3) is 88.9 Å². The topological polar surface area (TPSA) is 38.9 Å². The molecule has 1 aliphatic carbocycles. The molecule has 1 aliphatic rings. The summed E-state index contributed by atoms with van der Waals surface area (Å²) in [6.45, 7) is 2.38. The van der Waals surface area contributed by atoms with Crippen LogP contribution in [0.4, 0.5) is 0 Å². The molecule has 3 heteroatoms. The second kappa shape index (κ2) is 12.2. The number of fused-ring (bicyclic) bond motifs is 7. The van der Waals surface area contributed by atoms with Crippen molar-refractivity contribution in [3.05, 3.63) is 205 Å². The number of furan rings is 1. The van der Waals surface area contributed by atoms with Crippen LogP contribution in [-0.2, 0) is 5.41 Å². The fourth-order valence-corrected chi connectivity index (χ4v) is 8.90. The fraction of sp³-hybridized carbons (Fsp3) is 0.0385. The van der Waals surface area contributed by atoms with E-state index in [-0.39, 0.29) is 5.41 Å². The summed E-state index contributed by atoms with van der Waals surface area (Å²) >= 11 is 0. The van der Waals surface area contributed by atoms with Crippen molar-refractivity contribution in [1.82, 2.24) is 9.97 Å². The lowest BCUT2D eigenvalue weighted by Crippen LogP contribution is -2.22. The molecule has 0 aliphatic heterocycles. The molecule has 2 aromatic heterocycles. The third-order valence-electron chi connectivity index (χ3n) is 11.6. The van der Waals surface area contributed by atoms with Crippen molar-refractivity contribution in [2.75, 3.05) is 0 Å². The Kier molecular flexibility index (Phi) is 6.99. The van der Waals surface area contributed by atoms with Crippen LogP contribution in [0.5, 0.6) is 0 Å². The van der Waals surface area contributed by atoms with Gasteiger partial charge in [-0.15, -0.1) is 0 Å². The smallest absolute Gasteiger partial charge is 0.160 e.